The highest BCUT2D eigenvalue weighted by Crippen LogP contribution is 2.23. The minimum absolute atomic E-state index is 0.343. The van der Waals surface area contributed by atoms with Crippen molar-refractivity contribution < 1.29 is 19.1 Å². The molecule has 8 heteroatoms. The number of amides is 1. The Bertz CT molecular complexity index is 1090. The van der Waals surface area contributed by atoms with Crippen molar-refractivity contribution in [2.45, 2.75) is 26.5 Å². The van der Waals surface area contributed by atoms with Crippen molar-refractivity contribution in [1.82, 2.24) is 9.55 Å². The van der Waals surface area contributed by atoms with Crippen LogP contribution in [0.1, 0.15) is 13.8 Å². The molecule has 8 nitrogen and oxygen atoms in total. The number of carbonyl (C=O) groups excluding carboxylic acids is 2. The average molecular weight is 395 g/mol. The van der Waals surface area contributed by atoms with Crippen molar-refractivity contribution in [1.29, 1.82) is 0 Å². The van der Waals surface area contributed by atoms with E-state index in [2.05, 4.69) is 10.3 Å². The number of hydrogen-bond donors (Lipinski definition) is 1. The number of hydrogen-bond acceptors (Lipinski definition) is 6. The summed E-state index contributed by atoms with van der Waals surface area (Å²) in [7, 11) is 0. The summed E-state index contributed by atoms with van der Waals surface area (Å²) in [5, 5.41) is 3.08. The first-order valence-electron chi connectivity index (χ1n) is 9.16. The van der Waals surface area contributed by atoms with Crippen LogP contribution in [0.3, 0.4) is 0 Å². The van der Waals surface area contributed by atoms with Gasteiger partial charge in [0.25, 0.3) is 11.5 Å². The highest BCUT2D eigenvalue weighted by Gasteiger charge is 2.20. The Balaban J connectivity index is 1.64. The van der Waals surface area contributed by atoms with Crippen molar-refractivity contribution in [3.05, 3.63) is 65.2 Å². The molecule has 3 rings (SSSR count). The lowest BCUT2D eigenvalue weighted by Gasteiger charge is -2.16. The second kappa shape index (κ2) is 9.01. The van der Waals surface area contributed by atoms with Crippen LogP contribution in [0.5, 0.6) is 5.75 Å². The quantitative estimate of drug-likeness (QED) is 0.617. The number of nitrogens with zero attached hydrogens (tertiary/aromatic N) is 2. The number of para-hydroxylation sites is 3. The van der Waals surface area contributed by atoms with Gasteiger partial charge in [0, 0.05) is 0 Å². The fourth-order valence-electron chi connectivity index (χ4n) is 2.73. The summed E-state index contributed by atoms with van der Waals surface area (Å²) in [5.74, 6) is -0.699. The second-order valence-electron chi connectivity index (χ2n) is 6.25. The zero-order chi connectivity index (χ0) is 20.8. The molecular formula is C21H21N3O5. The van der Waals surface area contributed by atoms with Crippen molar-refractivity contribution in [2.24, 2.45) is 0 Å². The molecule has 0 spiro atoms. The number of ether oxygens (including phenoxy) is 2. The van der Waals surface area contributed by atoms with E-state index < -0.39 is 18.0 Å². The van der Waals surface area contributed by atoms with Gasteiger partial charge in [-0.3, -0.25) is 19.0 Å². The molecule has 0 radical (unpaired) electrons. The number of rotatable bonds is 7. The minimum Gasteiger partial charge on any atom is -0.492 e. The monoisotopic (exact) mass is 395 g/mol. The summed E-state index contributed by atoms with van der Waals surface area (Å²) in [6.07, 6.45) is 0.232. The van der Waals surface area contributed by atoms with Crippen LogP contribution >= 0.6 is 0 Å². The molecule has 0 aliphatic heterocycles. The molecule has 0 aliphatic rings. The Morgan fingerprint density at radius 1 is 1.14 bits per heavy atom. The lowest BCUT2D eigenvalue weighted by Crippen LogP contribution is -2.33. The van der Waals surface area contributed by atoms with Gasteiger partial charge in [0.2, 0.25) is 0 Å². The summed E-state index contributed by atoms with van der Waals surface area (Å²) in [6, 6.07) is 13.8. The minimum atomic E-state index is -1.05. The first kappa shape index (κ1) is 20.1. The number of nitrogens with one attached hydrogen (secondary N) is 1. The number of aromatic nitrogens is 2. The number of benzene rings is 2. The van der Waals surface area contributed by atoms with Gasteiger partial charge in [0.15, 0.2) is 6.10 Å². The summed E-state index contributed by atoms with van der Waals surface area (Å²) >= 11 is 0. The molecule has 2 aromatic carbocycles. The van der Waals surface area contributed by atoms with Gasteiger partial charge in [-0.2, -0.15) is 0 Å². The van der Waals surface area contributed by atoms with E-state index in [9.17, 15) is 14.4 Å². The fourth-order valence-corrected chi connectivity index (χ4v) is 2.73. The number of fused-ring (bicyclic) bond motifs is 1. The SMILES string of the molecule is CCOc1ccccc1NC(=O)[C@@H](C)OC(=O)Cn1cnc2ccccc2c1=O. The van der Waals surface area contributed by atoms with Crippen molar-refractivity contribution in [3.8, 4) is 5.75 Å². The van der Waals surface area contributed by atoms with Crippen molar-refractivity contribution >= 4 is 28.5 Å². The van der Waals surface area contributed by atoms with Crippen molar-refractivity contribution in [2.75, 3.05) is 11.9 Å². The third-order valence-electron chi connectivity index (χ3n) is 4.15. The van der Waals surface area contributed by atoms with Crippen LogP contribution in [0.15, 0.2) is 59.7 Å². The van der Waals surface area contributed by atoms with Crippen LogP contribution in [0.4, 0.5) is 5.69 Å². The van der Waals surface area contributed by atoms with Crippen LogP contribution in [-0.2, 0) is 20.9 Å². The number of anilines is 1. The molecule has 0 saturated heterocycles. The highest BCUT2D eigenvalue weighted by atomic mass is 16.5. The Morgan fingerprint density at radius 2 is 1.86 bits per heavy atom. The van der Waals surface area contributed by atoms with Gasteiger partial charge in [-0.05, 0) is 38.1 Å². The first-order chi connectivity index (χ1) is 14.0. The maximum atomic E-state index is 12.4. The predicted octanol–water partition coefficient (Wildman–Crippen LogP) is 2.37. The standard InChI is InChI=1S/C21H21N3O5/c1-3-28-18-11-7-6-10-17(18)23-20(26)14(2)29-19(25)12-24-13-22-16-9-5-4-8-15(16)21(24)27/h4-11,13-14H,3,12H2,1-2H3,(H,23,26)/t14-/m1/s1. The average Bonchev–Trinajstić information content (AvgIpc) is 2.72. The first-order valence-corrected chi connectivity index (χ1v) is 9.16. The normalized spacial score (nSPS) is 11.7. The molecule has 3 aromatic rings. The third kappa shape index (κ3) is 4.78. The lowest BCUT2D eigenvalue weighted by molar-refractivity contribution is -0.153. The summed E-state index contributed by atoms with van der Waals surface area (Å²) in [4.78, 5) is 41.2. The number of esters is 1. The maximum absolute atomic E-state index is 12.4. The van der Waals surface area contributed by atoms with Crippen LogP contribution in [0.25, 0.3) is 10.9 Å². The molecular weight excluding hydrogens is 374 g/mol. The maximum Gasteiger partial charge on any atom is 0.326 e. The smallest absolute Gasteiger partial charge is 0.326 e. The Kier molecular flexibility index (Phi) is 6.23. The molecule has 0 saturated carbocycles. The largest absolute Gasteiger partial charge is 0.492 e. The van der Waals surface area contributed by atoms with Gasteiger partial charge in [0.05, 0.1) is 29.5 Å². The van der Waals surface area contributed by atoms with Gasteiger partial charge < -0.3 is 14.8 Å². The van der Waals surface area contributed by atoms with E-state index in [0.717, 1.165) is 4.57 Å². The fraction of sp³-hybridized carbons (Fsp3) is 0.238. The van der Waals surface area contributed by atoms with E-state index in [-0.39, 0.29) is 12.1 Å². The summed E-state index contributed by atoms with van der Waals surface area (Å²) < 4.78 is 11.8. The van der Waals surface area contributed by atoms with E-state index in [1.165, 1.54) is 13.3 Å². The highest BCUT2D eigenvalue weighted by molar-refractivity contribution is 5.96. The molecule has 150 valence electrons. The molecule has 0 aliphatic carbocycles. The van der Waals surface area contributed by atoms with Gasteiger partial charge >= 0.3 is 5.97 Å². The van der Waals surface area contributed by atoms with Crippen LogP contribution in [-0.4, -0.2) is 34.1 Å². The van der Waals surface area contributed by atoms with Gasteiger partial charge in [-0.1, -0.05) is 24.3 Å². The van der Waals surface area contributed by atoms with E-state index in [4.69, 9.17) is 9.47 Å². The molecule has 1 N–H and O–H groups in total. The zero-order valence-electron chi connectivity index (χ0n) is 16.1. The van der Waals surface area contributed by atoms with Gasteiger partial charge in [0.1, 0.15) is 12.3 Å². The van der Waals surface area contributed by atoms with E-state index >= 15 is 0 Å². The van der Waals surface area contributed by atoms with Crippen LogP contribution in [0, 0.1) is 0 Å². The second-order valence-corrected chi connectivity index (χ2v) is 6.25. The molecule has 1 atom stereocenters. The number of carbonyl (C=O) groups is 2. The topological polar surface area (TPSA) is 99.5 Å². The predicted molar refractivity (Wildman–Crippen MR) is 108 cm³/mol. The Labute approximate surface area is 167 Å². The molecule has 29 heavy (non-hydrogen) atoms. The third-order valence-corrected chi connectivity index (χ3v) is 4.15. The summed E-state index contributed by atoms with van der Waals surface area (Å²) in [6.45, 7) is 3.40. The van der Waals surface area contributed by atoms with Gasteiger partial charge in [-0.15, -0.1) is 0 Å². The van der Waals surface area contributed by atoms with Gasteiger partial charge in [-0.25, -0.2) is 4.98 Å². The zero-order valence-corrected chi connectivity index (χ0v) is 16.1. The molecule has 1 aromatic heterocycles. The van der Waals surface area contributed by atoms with Crippen LogP contribution in [0.2, 0.25) is 0 Å². The molecule has 0 fully saturated rings. The lowest BCUT2D eigenvalue weighted by atomic mass is 10.2. The van der Waals surface area contributed by atoms with Crippen molar-refractivity contribution in [3.63, 3.8) is 0 Å². The Hall–Kier alpha value is -3.68. The molecule has 1 heterocycles. The molecule has 1 amide bonds. The van der Waals surface area contributed by atoms with E-state index in [1.807, 2.05) is 6.92 Å². The summed E-state index contributed by atoms with van der Waals surface area (Å²) in [5.41, 5.74) is 0.676. The van der Waals surface area contributed by atoms with E-state index in [0.29, 0.717) is 28.9 Å². The molecule has 0 bridgehead atoms. The van der Waals surface area contributed by atoms with Crippen LogP contribution < -0.4 is 15.6 Å². The molecule has 0 unspecified atom stereocenters. The van der Waals surface area contributed by atoms with E-state index in [1.54, 1.807) is 48.5 Å². The Morgan fingerprint density at radius 3 is 2.66 bits per heavy atom.